The van der Waals surface area contributed by atoms with E-state index in [9.17, 15) is 4.79 Å². The fourth-order valence-electron chi connectivity index (χ4n) is 2.71. The summed E-state index contributed by atoms with van der Waals surface area (Å²) in [5.41, 5.74) is 2.55. The van der Waals surface area contributed by atoms with Gasteiger partial charge in [0.2, 0.25) is 0 Å². The number of alkyl carbamates (subject to hydrolysis) is 1. The molecule has 0 spiro atoms. The molecule has 1 saturated heterocycles. The Hall–Kier alpha value is -3.47. The number of methoxy groups -OCH3 is 1. The molecule has 1 aliphatic heterocycles. The minimum Gasteiger partial charge on any atom is -0.493 e. The van der Waals surface area contributed by atoms with E-state index in [1.165, 1.54) is 11.1 Å². The van der Waals surface area contributed by atoms with E-state index >= 15 is 0 Å². The lowest BCUT2D eigenvalue weighted by Crippen LogP contribution is -2.22. The Balaban J connectivity index is 0.000000167. The summed E-state index contributed by atoms with van der Waals surface area (Å²) < 4.78 is 15.6. The number of para-hydroxylation sites is 2. The van der Waals surface area contributed by atoms with E-state index in [2.05, 4.69) is 53.8 Å². The van der Waals surface area contributed by atoms with Crippen LogP contribution >= 0.6 is 0 Å². The Labute approximate surface area is 164 Å². The third-order valence-corrected chi connectivity index (χ3v) is 4.12. The van der Waals surface area contributed by atoms with Crippen molar-refractivity contribution in [2.75, 3.05) is 20.3 Å². The van der Waals surface area contributed by atoms with Crippen molar-refractivity contribution in [1.29, 1.82) is 0 Å². The Morgan fingerprint density at radius 2 is 1.39 bits per heavy atom. The van der Waals surface area contributed by atoms with Crippen molar-refractivity contribution in [2.45, 2.75) is 6.10 Å². The predicted molar refractivity (Wildman–Crippen MR) is 109 cm³/mol. The molecular weight excluding hydrogens is 354 g/mol. The van der Waals surface area contributed by atoms with Crippen molar-refractivity contribution >= 4 is 6.09 Å². The van der Waals surface area contributed by atoms with Crippen molar-refractivity contribution in [2.24, 2.45) is 0 Å². The smallest absolute Gasteiger partial charge is 0.407 e. The van der Waals surface area contributed by atoms with Gasteiger partial charge in [0, 0.05) is 0 Å². The molecule has 1 atom stereocenters. The number of ether oxygens (including phenoxy) is 3. The highest BCUT2D eigenvalue weighted by atomic mass is 16.6. The molecule has 0 aliphatic carbocycles. The predicted octanol–water partition coefficient (Wildman–Crippen LogP) is 4.54. The minimum absolute atomic E-state index is 0.239. The molecule has 0 radical (unpaired) electrons. The van der Waals surface area contributed by atoms with Gasteiger partial charge >= 0.3 is 6.09 Å². The van der Waals surface area contributed by atoms with Crippen molar-refractivity contribution in [3.8, 4) is 22.6 Å². The number of benzene rings is 3. The van der Waals surface area contributed by atoms with E-state index in [1.807, 2.05) is 36.4 Å². The third kappa shape index (κ3) is 5.51. The fourth-order valence-corrected chi connectivity index (χ4v) is 2.71. The van der Waals surface area contributed by atoms with E-state index in [4.69, 9.17) is 14.2 Å². The summed E-state index contributed by atoms with van der Waals surface area (Å²) in [4.78, 5) is 10.8. The topological polar surface area (TPSA) is 56.8 Å². The van der Waals surface area contributed by atoms with E-state index in [1.54, 1.807) is 7.11 Å². The summed E-state index contributed by atoms with van der Waals surface area (Å²) in [6.07, 6.45) is -0.633. The molecule has 0 bridgehead atoms. The normalized spacial score (nSPS) is 14.9. The van der Waals surface area contributed by atoms with E-state index in [-0.39, 0.29) is 6.10 Å². The van der Waals surface area contributed by atoms with Crippen LogP contribution in [0.4, 0.5) is 4.79 Å². The van der Waals surface area contributed by atoms with Gasteiger partial charge in [0.15, 0.2) is 17.6 Å². The number of cyclic esters (lactones) is 1. The molecule has 1 unspecified atom stereocenters. The minimum atomic E-state index is -0.395. The molecule has 1 fully saturated rings. The Bertz CT molecular complexity index is 831. The summed E-state index contributed by atoms with van der Waals surface area (Å²) in [7, 11) is 1.58. The lowest BCUT2D eigenvalue weighted by Gasteiger charge is -2.12. The summed E-state index contributed by atoms with van der Waals surface area (Å²) in [6, 6.07) is 28.1. The van der Waals surface area contributed by atoms with Crippen molar-refractivity contribution in [3.05, 3.63) is 84.9 Å². The Morgan fingerprint density at radius 1 is 0.857 bits per heavy atom. The quantitative estimate of drug-likeness (QED) is 0.709. The van der Waals surface area contributed by atoms with Crippen LogP contribution in [0, 0.1) is 0 Å². The lowest BCUT2D eigenvalue weighted by molar-refractivity contribution is 0.103. The highest BCUT2D eigenvalue weighted by Crippen LogP contribution is 2.26. The molecule has 28 heavy (non-hydrogen) atoms. The molecule has 1 heterocycles. The van der Waals surface area contributed by atoms with Gasteiger partial charge in [-0.05, 0) is 23.3 Å². The molecule has 3 aromatic carbocycles. The van der Waals surface area contributed by atoms with Gasteiger partial charge in [-0.3, -0.25) is 0 Å². The first-order valence-corrected chi connectivity index (χ1v) is 9.07. The lowest BCUT2D eigenvalue weighted by atomic mass is 10.1. The van der Waals surface area contributed by atoms with Gasteiger partial charge in [-0.1, -0.05) is 72.8 Å². The summed E-state index contributed by atoms with van der Waals surface area (Å²) in [5, 5.41) is 2.56. The summed E-state index contributed by atoms with van der Waals surface area (Å²) >= 11 is 0. The standard InChI is InChI=1S/C12H10.C11H13NO4/c1-3-7-11(8-4-1)12-9-5-2-6-10-12;1-14-9-4-2-3-5-10(9)15-7-8-6-12-11(13)16-8/h1-10H;2-5,8H,6-7H2,1H3,(H,12,13). The van der Waals surface area contributed by atoms with Gasteiger partial charge in [-0.25, -0.2) is 4.79 Å². The molecule has 0 saturated carbocycles. The highest BCUT2D eigenvalue weighted by Gasteiger charge is 2.23. The molecule has 5 heteroatoms. The molecule has 5 nitrogen and oxygen atoms in total. The number of hydrogen-bond donors (Lipinski definition) is 1. The van der Waals surface area contributed by atoms with E-state index in [0.29, 0.717) is 24.7 Å². The number of carbonyl (C=O) groups is 1. The number of carbonyl (C=O) groups excluding carboxylic acids is 1. The molecule has 4 rings (SSSR count). The number of nitrogens with one attached hydrogen (secondary N) is 1. The molecule has 0 aromatic heterocycles. The second kappa shape index (κ2) is 10.0. The second-order valence-electron chi connectivity index (χ2n) is 6.10. The summed E-state index contributed by atoms with van der Waals surface area (Å²) in [5.74, 6) is 1.31. The van der Waals surface area contributed by atoms with Crippen LogP contribution in [0.2, 0.25) is 0 Å². The maximum absolute atomic E-state index is 10.8. The molecule has 1 amide bonds. The summed E-state index contributed by atoms with van der Waals surface area (Å²) in [6.45, 7) is 0.799. The van der Waals surface area contributed by atoms with E-state index < -0.39 is 6.09 Å². The first-order chi connectivity index (χ1) is 13.8. The number of rotatable bonds is 5. The van der Waals surface area contributed by atoms with Crippen LogP contribution in [0.25, 0.3) is 11.1 Å². The van der Waals surface area contributed by atoms with Gasteiger partial charge in [-0.15, -0.1) is 0 Å². The van der Waals surface area contributed by atoms with Gasteiger partial charge in [0.1, 0.15) is 6.61 Å². The highest BCUT2D eigenvalue weighted by molar-refractivity contribution is 5.69. The van der Waals surface area contributed by atoms with Gasteiger partial charge in [-0.2, -0.15) is 0 Å². The fraction of sp³-hybridized carbons (Fsp3) is 0.174. The molecule has 3 aromatic rings. The van der Waals surface area contributed by atoms with Crippen molar-refractivity contribution < 1.29 is 19.0 Å². The van der Waals surface area contributed by atoms with Crippen molar-refractivity contribution in [1.82, 2.24) is 5.32 Å². The van der Waals surface area contributed by atoms with Crippen LogP contribution in [0.1, 0.15) is 0 Å². The van der Waals surface area contributed by atoms with Crippen LogP contribution in [0.3, 0.4) is 0 Å². The molecule has 1 aliphatic rings. The van der Waals surface area contributed by atoms with Crippen molar-refractivity contribution in [3.63, 3.8) is 0 Å². The largest absolute Gasteiger partial charge is 0.493 e. The SMILES string of the molecule is COc1ccccc1OCC1CNC(=O)O1.c1ccc(-c2ccccc2)cc1. The average molecular weight is 377 g/mol. The molecule has 1 N–H and O–H groups in total. The number of amides is 1. The van der Waals surface area contributed by atoms with E-state index in [0.717, 1.165) is 0 Å². The Morgan fingerprint density at radius 3 is 1.89 bits per heavy atom. The van der Waals surface area contributed by atoms with Crippen LogP contribution in [-0.4, -0.2) is 32.5 Å². The number of hydrogen-bond acceptors (Lipinski definition) is 4. The second-order valence-corrected chi connectivity index (χ2v) is 6.10. The molecule has 144 valence electrons. The van der Waals surface area contributed by atoms with Crippen LogP contribution in [-0.2, 0) is 4.74 Å². The third-order valence-electron chi connectivity index (χ3n) is 4.12. The van der Waals surface area contributed by atoms with Gasteiger partial charge in [0.05, 0.1) is 13.7 Å². The molecular formula is C23H23NO4. The first-order valence-electron chi connectivity index (χ1n) is 9.07. The maximum atomic E-state index is 10.8. The van der Waals surface area contributed by atoms with Crippen LogP contribution < -0.4 is 14.8 Å². The Kier molecular flexibility index (Phi) is 6.90. The van der Waals surface area contributed by atoms with Crippen LogP contribution in [0.5, 0.6) is 11.5 Å². The maximum Gasteiger partial charge on any atom is 0.407 e. The zero-order valence-electron chi connectivity index (χ0n) is 15.7. The average Bonchev–Trinajstić information content (AvgIpc) is 3.19. The van der Waals surface area contributed by atoms with Gasteiger partial charge in [0.25, 0.3) is 0 Å². The van der Waals surface area contributed by atoms with Crippen LogP contribution in [0.15, 0.2) is 84.9 Å². The first kappa shape index (κ1) is 19.3. The van der Waals surface area contributed by atoms with Gasteiger partial charge < -0.3 is 19.5 Å². The zero-order chi connectivity index (χ0) is 19.6. The monoisotopic (exact) mass is 377 g/mol. The zero-order valence-corrected chi connectivity index (χ0v) is 15.7.